The lowest BCUT2D eigenvalue weighted by Gasteiger charge is -2.13. The van der Waals surface area contributed by atoms with Crippen LogP contribution in [0.25, 0.3) is 5.52 Å². The van der Waals surface area contributed by atoms with Gasteiger partial charge in [0.1, 0.15) is 5.76 Å². The van der Waals surface area contributed by atoms with Crippen LogP contribution in [-0.4, -0.2) is 37.7 Å². The molecule has 0 radical (unpaired) electrons. The smallest absolute Gasteiger partial charge is 0.277 e. The number of aromatic amines is 1. The Kier molecular flexibility index (Phi) is 3.05. The fraction of sp³-hybridized carbons (Fsp3) is 0.231. The van der Waals surface area contributed by atoms with Gasteiger partial charge in [-0.25, -0.2) is 4.52 Å². The molecule has 3 rings (SSSR count). The first kappa shape index (κ1) is 13.1. The third-order valence-electron chi connectivity index (χ3n) is 3.06. The van der Waals surface area contributed by atoms with E-state index in [1.807, 2.05) is 0 Å². The molecule has 1 N–H and O–H groups in total. The highest BCUT2D eigenvalue weighted by atomic mass is 16.3. The molecule has 0 fully saturated rings. The zero-order valence-electron chi connectivity index (χ0n) is 11.5. The molecular weight excluding hydrogens is 274 g/mol. The summed E-state index contributed by atoms with van der Waals surface area (Å²) in [5.41, 5.74) is 0.400. The molecule has 0 saturated heterocycles. The molecule has 8 nitrogen and oxygen atoms in total. The van der Waals surface area contributed by atoms with Crippen molar-refractivity contribution in [3.8, 4) is 0 Å². The number of H-pyrrole nitrogens is 1. The normalized spacial score (nSPS) is 11.0. The van der Waals surface area contributed by atoms with Gasteiger partial charge in [-0.3, -0.25) is 9.59 Å². The first-order chi connectivity index (χ1) is 10.1. The maximum atomic E-state index is 12.4. The first-order valence-electron chi connectivity index (χ1n) is 6.29. The molecule has 3 heterocycles. The van der Waals surface area contributed by atoms with E-state index in [1.165, 1.54) is 15.7 Å². The maximum absolute atomic E-state index is 12.4. The summed E-state index contributed by atoms with van der Waals surface area (Å²) in [6.07, 6.45) is 3.14. The van der Waals surface area contributed by atoms with Gasteiger partial charge in [-0.2, -0.15) is 0 Å². The van der Waals surface area contributed by atoms with Crippen molar-refractivity contribution in [2.75, 3.05) is 7.05 Å². The number of fused-ring (bicyclic) bond motifs is 1. The van der Waals surface area contributed by atoms with Crippen LogP contribution < -0.4 is 5.56 Å². The third kappa shape index (κ3) is 2.31. The number of rotatable bonds is 3. The first-order valence-corrected chi connectivity index (χ1v) is 6.29. The van der Waals surface area contributed by atoms with Gasteiger partial charge >= 0.3 is 0 Å². The third-order valence-corrected chi connectivity index (χ3v) is 3.06. The highest BCUT2D eigenvalue weighted by molar-refractivity contribution is 5.98. The number of carbonyl (C=O) groups is 1. The van der Waals surface area contributed by atoms with Crippen LogP contribution in [0.1, 0.15) is 21.9 Å². The van der Waals surface area contributed by atoms with Gasteiger partial charge in [-0.15, -0.1) is 5.10 Å². The number of furan rings is 1. The summed E-state index contributed by atoms with van der Waals surface area (Å²) in [4.78, 5) is 28.4. The van der Waals surface area contributed by atoms with Gasteiger partial charge in [0.25, 0.3) is 11.5 Å². The zero-order valence-corrected chi connectivity index (χ0v) is 11.5. The van der Waals surface area contributed by atoms with Crippen LogP contribution >= 0.6 is 0 Å². The molecule has 0 atom stereocenters. The second-order valence-electron chi connectivity index (χ2n) is 4.74. The van der Waals surface area contributed by atoms with Gasteiger partial charge < -0.3 is 14.3 Å². The van der Waals surface area contributed by atoms with E-state index in [4.69, 9.17) is 4.42 Å². The molecule has 0 saturated carbocycles. The molecule has 0 aliphatic rings. The Bertz CT molecular complexity index is 846. The second kappa shape index (κ2) is 4.89. The summed E-state index contributed by atoms with van der Waals surface area (Å²) < 4.78 is 6.50. The number of hydrogen-bond acceptors (Lipinski definition) is 5. The van der Waals surface area contributed by atoms with Crippen LogP contribution in [0.5, 0.6) is 0 Å². The van der Waals surface area contributed by atoms with E-state index < -0.39 is 11.5 Å². The van der Waals surface area contributed by atoms with Crippen LogP contribution in [-0.2, 0) is 6.54 Å². The summed E-state index contributed by atoms with van der Waals surface area (Å²) in [6.45, 7) is 2.02. The average molecular weight is 287 g/mol. The number of amides is 1. The fourth-order valence-electron chi connectivity index (χ4n) is 2.08. The van der Waals surface area contributed by atoms with E-state index in [0.717, 1.165) is 0 Å². The number of aryl methyl sites for hydroxylation is 1. The van der Waals surface area contributed by atoms with Crippen LogP contribution in [0.2, 0.25) is 0 Å². The number of nitrogens with one attached hydrogen (secondary N) is 1. The van der Waals surface area contributed by atoms with E-state index in [9.17, 15) is 9.59 Å². The molecule has 21 heavy (non-hydrogen) atoms. The molecule has 3 aromatic rings. The predicted octanol–water partition coefficient (Wildman–Crippen LogP) is 0.591. The van der Waals surface area contributed by atoms with E-state index in [-0.39, 0.29) is 17.8 Å². The highest BCUT2D eigenvalue weighted by Gasteiger charge is 2.22. The van der Waals surface area contributed by atoms with E-state index in [0.29, 0.717) is 11.5 Å². The summed E-state index contributed by atoms with van der Waals surface area (Å²) in [5.74, 6) is 0.253. The van der Waals surface area contributed by atoms with E-state index in [1.54, 1.807) is 32.3 Å². The second-order valence-corrected chi connectivity index (χ2v) is 4.74. The Balaban J connectivity index is 1.96. The lowest BCUT2D eigenvalue weighted by atomic mass is 10.3. The lowest BCUT2D eigenvalue weighted by Crippen LogP contribution is -2.27. The molecule has 0 unspecified atom stereocenters. The molecule has 108 valence electrons. The zero-order chi connectivity index (χ0) is 15.0. The maximum Gasteiger partial charge on any atom is 0.277 e. The van der Waals surface area contributed by atoms with Crippen molar-refractivity contribution in [1.29, 1.82) is 0 Å². The summed E-state index contributed by atoms with van der Waals surface area (Å²) in [5, 5.41) is 7.64. The minimum absolute atomic E-state index is 0.0188. The van der Waals surface area contributed by atoms with Gasteiger partial charge in [0.2, 0.25) is 0 Å². The minimum Gasteiger partial charge on any atom is -0.467 e. The van der Waals surface area contributed by atoms with E-state index >= 15 is 0 Å². The summed E-state index contributed by atoms with van der Waals surface area (Å²) in [7, 11) is 1.61. The SMILES string of the molecule is Cc1cn2nnc(C(=O)N(C)Cc3ccco3)c2c(=O)[nH]1. The quantitative estimate of drug-likeness (QED) is 0.760. The Morgan fingerprint density at radius 1 is 1.52 bits per heavy atom. The van der Waals surface area contributed by atoms with Crippen molar-refractivity contribution in [3.63, 3.8) is 0 Å². The Morgan fingerprint density at radius 2 is 2.33 bits per heavy atom. The largest absolute Gasteiger partial charge is 0.467 e. The fourth-order valence-corrected chi connectivity index (χ4v) is 2.08. The van der Waals surface area contributed by atoms with Gasteiger partial charge in [0.05, 0.1) is 19.0 Å². The van der Waals surface area contributed by atoms with Crippen LogP contribution in [0.3, 0.4) is 0 Å². The summed E-state index contributed by atoms with van der Waals surface area (Å²) >= 11 is 0. The van der Waals surface area contributed by atoms with Gasteiger partial charge in [0, 0.05) is 12.7 Å². The van der Waals surface area contributed by atoms with Gasteiger partial charge in [-0.05, 0) is 19.1 Å². The van der Waals surface area contributed by atoms with Crippen molar-refractivity contribution in [2.24, 2.45) is 0 Å². The lowest BCUT2D eigenvalue weighted by molar-refractivity contribution is 0.0771. The number of carbonyl (C=O) groups excluding carboxylic acids is 1. The molecule has 0 spiro atoms. The molecule has 0 aliphatic carbocycles. The highest BCUT2D eigenvalue weighted by Crippen LogP contribution is 2.10. The van der Waals surface area contributed by atoms with Gasteiger partial charge in [0.15, 0.2) is 11.2 Å². The molecule has 3 aromatic heterocycles. The Morgan fingerprint density at radius 3 is 3.05 bits per heavy atom. The molecule has 1 amide bonds. The standard InChI is InChI=1S/C13H13N5O3/c1-8-6-18-11(12(19)14-8)10(15-16-18)13(20)17(2)7-9-4-3-5-21-9/h3-6H,7H2,1-2H3,(H,14,19). The Labute approximate surface area is 119 Å². The number of hydrogen-bond donors (Lipinski definition) is 1. The Hall–Kier alpha value is -2.90. The van der Waals surface area contributed by atoms with Crippen LogP contribution in [0, 0.1) is 6.92 Å². The number of nitrogens with zero attached hydrogens (tertiary/aromatic N) is 4. The van der Waals surface area contributed by atoms with Crippen molar-refractivity contribution in [3.05, 3.63) is 52.1 Å². The summed E-state index contributed by atoms with van der Waals surface area (Å²) in [6, 6.07) is 3.51. The molecule has 0 bridgehead atoms. The van der Waals surface area contributed by atoms with Crippen molar-refractivity contribution < 1.29 is 9.21 Å². The van der Waals surface area contributed by atoms with Crippen LogP contribution in [0.15, 0.2) is 33.8 Å². The van der Waals surface area contributed by atoms with E-state index in [2.05, 4.69) is 15.3 Å². The minimum atomic E-state index is -0.394. The van der Waals surface area contributed by atoms with Crippen molar-refractivity contribution in [2.45, 2.75) is 13.5 Å². The molecule has 8 heteroatoms. The van der Waals surface area contributed by atoms with Gasteiger partial charge in [-0.1, -0.05) is 5.21 Å². The topological polar surface area (TPSA) is 96.5 Å². The monoisotopic (exact) mass is 287 g/mol. The van der Waals surface area contributed by atoms with Crippen molar-refractivity contribution >= 4 is 11.4 Å². The van der Waals surface area contributed by atoms with Crippen molar-refractivity contribution in [1.82, 2.24) is 24.7 Å². The molecular formula is C13H13N5O3. The molecule has 0 aromatic carbocycles. The molecule has 0 aliphatic heterocycles. The average Bonchev–Trinajstić information content (AvgIpc) is 3.06. The van der Waals surface area contributed by atoms with Crippen LogP contribution in [0.4, 0.5) is 0 Å². The predicted molar refractivity (Wildman–Crippen MR) is 72.9 cm³/mol. The number of aromatic nitrogens is 4.